The van der Waals surface area contributed by atoms with Gasteiger partial charge in [0.05, 0.1) is 5.69 Å². The van der Waals surface area contributed by atoms with E-state index in [0.29, 0.717) is 12.3 Å². The first kappa shape index (κ1) is 16.7. The minimum Gasteiger partial charge on any atom is -0.484 e. The molecular weight excluding hydrogens is 316 g/mol. The summed E-state index contributed by atoms with van der Waals surface area (Å²) in [7, 11) is 0. The van der Waals surface area contributed by atoms with Crippen molar-refractivity contribution in [2.45, 2.75) is 20.4 Å². The molecule has 1 amide bonds. The van der Waals surface area contributed by atoms with Crippen LogP contribution in [0.4, 0.5) is 0 Å². The molecule has 25 heavy (non-hydrogen) atoms. The van der Waals surface area contributed by atoms with Gasteiger partial charge < -0.3 is 10.1 Å². The second-order valence-corrected chi connectivity index (χ2v) is 5.82. The molecule has 6 nitrogen and oxygen atoms in total. The van der Waals surface area contributed by atoms with Gasteiger partial charge in [-0.3, -0.25) is 4.79 Å². The zero-order chi connectivity index (χ0) is 17.6. The van der Waals surface area contributed by atoms with E-state index in [1.54, 1.807) is 11.0 Å². The topological polar surface area (TPSA) is 69.0 Å². The first-order valence-corrected chi connectivity index (χ1v) is 8.02. The lowest BCUT2D eigenvalue weighted by molar-refractivity contribution is -0.123. The van der Waals surface area contributed by atoms with E-state index in [4.69, 9.17) is 4.74 Å². The summed E-state index contributed by atoms with van der Waals surface area (Å²) in [5, 5.41) is 6.93. The van der Waals surface area contributed by atoms with Crippen LogP contribution in [0.3, 0.4) is 0 Å². The largest absolute Gasteiger partial charge is 0.484 e. The van der Waals surface area contributed by atoms with Crippen LogP contribution in [0.1, 0.15) is 16.7 Å². The number of rotatable bonds is 6. The van der Waals surface area contributed by atoms with E-state index in [0.717, 1.165) is 16.8 Å². The van der Waals surface area contributed by atoms with Gasteiger partial charge in [0.1, 0.15) is 18.4 Å². The van der Waals surface area contributed by atoms with Crippen molar-refractivity contribution in [3.8, 4) is 11.4 Å². The number of hydrogen-bond donors (Lipinski definition) is 1. The molecule has 128 valence electrons. The summed E-state index contributed by atoms with van der Waals surface area (Å²) >= 11 is 0. The Hall–Kier alpha value is -3.15. The molecule has 1 N–H and O–H groups in total. The Labute approximate surface area is 146 Å². The number of carbonyl (C=O) groups is 1. The number of carbonyl (C=O) groups excluding carboxylic acids is 1. The number of hydrogen-bond acceptors (Lipinski definition) is 4. The summed E-state index contributed by atoms with van der Waals surface area (Å²) in [5.41, 5.74) is 4.27. The monoisotopic (exact) mass is 336 g/mol. The average Bonchev–Trinajstić information content (AvgIpc) is 3.16. The highest BCUT2D eigenvalue weighted by Crippen LogP contribution is 2.16. The van der Waals surface area contributed by atoms with Crippen LogP contribution in [0.5, 0.6) is 5.75 Å². The zero-order valence-electron chi connectivity index (χ0n) is 14.3. The third-order valence-electron chi connectivity index (χ3n) is 3.96. The maximum absolute atomic E-state index is 11.9. The maximum Gasteiger partial charge on any atom is 0.258 e. The van der Waals surface area contributed by atoms with E-state index >= 15 is 0 Å². The summed E-state index contributed by atoms with van der Waals surface area (Å²) < 4.78 is 7.21. The van der Waals surface area contributed by atoms with Crippen molar-refractivity contribution in [2.75, 3.05) is 6.61 Å². The van der Waals surface area contributed by atoms with Crippen molar-refractivity contribution in [3.63, 3.8) is 0 Å². The summed E-state index contributed by atoms with van der Waals surface area (Å²) in [6.45, 7) is 4.51. The molecule has 0 radical (unpaired) electrons. The molecule has 2 aromatic carbocycles. The predicted octanol–water partition coefficient (Wildman–Crippen LogP) is 2.58. The molecule has 0 aliphatic rings. The highest BCUT2D eigenvalue weighted by atomic mass is 16.5. The normalized spacial score (nSPS) is 10.5. The van der Waals surface area contributed by atoms with Crippen LogP contribution in [-0.4, -0.2) is 27.3 Å². The fourth-order valence-corrected chi connectivity index (χ4v) is 2.31. The van der Waals surface area contributed by atoms with Crippen LogP contribution in [-0.2, 0) is 11.3 Å². The summed E-state index contributed by atoms with van der Waals surface area (Å²) in [5.74, 6) is 0.550. The van der Waals surface area contributed by atoms with Crippen LogP contribution in [0.15, 0.2) is 55.1 Å². The van der Waals surface area contributed by atoms with Crippen molar-refractivity contribution in [2.24, 2.45) is 0 Å². The third-order valence-corrected chi connectivity index (χ3v) is 3.96. The Morgan fingerprint density at radius 1 is 1.12 bits per heavy atom. The van der Waals surface area contributed by atoms with E-state index in [1.165, 1.54) is 11.9 Å². The average molecular weight is 336 g/mol. The van der Waals surface area contributed by atoms with Gasteiger partial charge in [-0.15, -0.1) is 0 Å². The van der Waals surface area contributed by atoms with Crippen molar-refractivity contribution >= 4 is 5.91 Å². The van der Waals surface area contributed by atoms with Gasteiger partial charge in [0.2, 0.25) is 0 Å². The van der Waals surface area contributed by atoms with Crippen molar-refractivity contribution in [3.05, 3.63) is 71.8 Å². The fourth-order valence-electron chi connectivity index (χ4n) is 2.31. The minimum atomic E-state index is -0.154. The van der Waals surface area contributed by atoms with Crippen LogP contribution < -0.4 is 10.1 Å². The molecule has 6 heteroatoms. The molecule has 0 fully saturated rings. The first-order valence-electron chi connectivity index (χ1n) is 8.02. The predicted molar refractivity (Wildman–Crippen MR) is 94.6 cm³/mol. The number of benzene rings is 2. The van der Waals surface area contributed by atoms with Crippen molar-refractivity contribution in [1.29, 1.82) is 0 Å². The number of ether oxygens (including phenoxy) is 1. The SMILES string of the molecule is Cc1ccc(OCC(=O)NCc2ccc(-n3cncn3)cc2)cc1C. The molecule has 1 aromatic heterocycles. The lowest BCUT2D eigenvalue weighted by Crippen LogP contribution is -2.28. The molecule has 0 saturated carbocycles. The van der Waals surface area contributed by atoms with E-state index < -0.39 is 0 Å². The Bertz CT molecular complexity index is 842. The standard InChI is InChI=1S/C19H20N4O2/c1-14-3-8-18(9-15(14)2)25-11-19(24)21-10-16-4-6-17(7-5-16)23-13-20-12-22-23/h3-9,12-13H,10-11H2,1-2H3,(H,21,24). The van der Waals surface area contributed by atoms with Gasteiger partial charge in [0.15, 0.2) is 6.61 Å². The molecule has 0 atom stereocenters. The summed E-state index contributed by atoms with van der Waals surface area (Å²) in [4.78, 5) is 15.9. The quantitative estimate of drug-likeness (QED) is 0.751. The fraction of sp³-hybridized carbons (Fsp3) is 0.211. The molecule has 0 bridgehead atoms. The Morgan fingerprint density at radius 2 is 1.92 bits per heavy atom. The van der Waals surface area contributed by atoms with E-state index in [9.17, 15) is 4.79 Å². The lowest BCUT2D eigenvalue weighted by atomic mass is 10.1. The van der Waals surface area contributed by atoms with E-state index in [1.807, 2.05) is 56.3 Å². The molecule has 3 aromatic rings. The number of aromatic nitrogens is 3. The van der Waals surface area contributed by atoms with Gasteiger partial charge in [0.25, 0.3) is 5.91 Å². The maximum atomic E-state index is 11.9. The molecular formula is C19H20N4O2. The summed E-state index contributed by atoms with van der Waals surface area (Å²) in [6, 6.07) is 13.6. The number of nitrogens with zero attached hydrogens (tertiary/aromatic N) is 3. The van der Waals surface area contributed by atoms with Crippen molar-refractivity contribution < 1.29 is 9.53 Å². The van der Waals surface area contributed by atoms with Gasteiger partial charge in [0, 0.05) is 6.54 Å². The minimum absolute atomic E-state index is 0.000455. The second kappa shape index (κ2) is 7.61. The van der Waals surface area contributed by atoms with Crippen LogP contribution in [0, 0.1) is 13.8 Å². The lowest BCUT2D eigenvalue weighted by Gasteiger charge is -2.09. The van der Waals surface area contributed by atoms with Crippen molar-refractivity contribution in [1.82, 2.24) is 20.1 Å². The molecule has 0 unspecified atom stereocenters. The van der Waals surface area contributed by atoms with Gasteiger partial charge in [-0.1, -0.05) is 18.2 Å². The second-order valence-electron chi connectivity index (χ2n) is 5.82. The zero-order valence-corrected chi connectivity index (χ0v) is 14.3. The van der Waals surface area contributed by atoms with Crippen LogP contribution >= 0.6 is 0 Å². The molecule has 3 rings (SSSR count). The van der Waals surface area contributed by atoms with E-state index in [2.05, 4.69) is 15.4 Å². The molecule has 0 saturated heterocycles. The number of aryl methyl sites for hydroxylation is 2. The molecule has 0 aliphatic heterocycles. The first-order chi connectivity index (χ1) is 12.1. The van der Waals surface area contributed by atoms with Crippen LogP contribution in [0.2, 0.25) is 0 Å². The van der Waals surface area contributed by atoms with Crippen LogP contribution in [0.25, 0.3) is 5.69 Å². The molecule has 0 aliphatic carbocycles. The molecule has 0 spiro atoms. The molecule has 1 heterocycles. The number of amides is 1. The summed E-state index contributed by atoms with van der Waals surface area (Å²) in [6.07, 6.45) is 3.13. The number of nitrogens with one attached hydrogen (secondary N) is 1. The van der Waals surface area contributed by atoms with Gasteiger partial charge in [-0.05, 0) is 54.8 Å². The Balaban J connectivity index is 1.48. The highest BCUT2D eigenvalue weighted by molar-refractivity contribution is 5.77. The van der Waals surface area contributed by atoms with Gasteiger partial charge in [-0.25, -0.2) is 9.67 Å². The van der Waals surface area contributed by atoms with Gasteiger partial charge >= 0.3 is 0 Å². The highest BCUT2D eigenvalue weighted by Gasteiger charge is 2.04. The van der Waals surface area contributed by atoms with E-state index in [-0.39, 0.29) is 12.5 Å². The van der Waals surface area contributed by atoms with Gasteiger partial charge in [-0.2, -0.15) is 5.10 Å². The Morgan fingerprint density at radius 3 is 2.60 bits per heavy atom. The smallest absolute Gasteiger partial charge is 0.258 e. The Kier molecular flexibility index (Phi) is 5.09. The third kappa shape index (κ3) is 4.44.